The molecule has 5 heterocycles. The lowest BCUT2D eigenvalue weighted by Gasteiger charge is -2.43. The van der Waals surface area contributed by atoms with Crippen LogP contribution in [0.25, 0.3) is 11.4 Å². The summed E-state index contributed by atoms with van der Waals surface area (Å²) >= 11 is 6.12. The van der Waals surface area contributed by atoms with E-state index in [1.165, 1.54) is 16.4 Å². The number of amides is 2. The third-order valence-corrected chi connectivity index (χ3v) is 10.7. The van der Waals surface area contributed by atoms with Gasteiger partial charge in [0.15, 0.2) is 17.3 Å². The SMILES string of the molecule is Cc1ncnc(C(=O)N2CC[C@@]3(c4c(n(CC(=O)Nc5ccc(C(F)(F)F)cc5Cl)c5nc(C6=CCOCC6)nn5c4=O)C4CC43)[C@H](F)C2)c1O. The highest BCUT2D eigenvalue weighted by Gasteiger charge is 2.68. The second kappa shape index (κ2) is 11.8. The van der Waals surface area contributed by atoms with Crippen LogP contribution in [0.15, 0.2) is 35.4 Å². The minimum absolute atomic E-state index is 0.0511. The molecule has 13 nitrogen and oxygen atoms in total. The molecule has 4 aromatic rings. The predicted molar refractivity (Wildman–Crippen MR) is 172 cm³/mol. The van der Waals surface area contributed by atoms with Crippen LogP contribution in [0.3, 0.4) is 0 Å². The van der Waals surface area contributed by atoms with Crippen LogP contribution in [-0.2, 0) is 27.7 Å². The van der Waals surface area contributed by atoms with Crippen LogP contribution in [0, 0.1) is 12.8 Å². The quantitative estimate of drug-likeness (QED) is 0.290. The maximum Gasteiger partial charge on any atom is 0.416 e. The summed E-state index contributed by atoms with van der Waals surface area (Å²) in [4.78, 5) is 55.1. The highest BCUT2D eigenvalue weighted by Crippen LogP contribution is 2.68. The van der Waals surface area contributed by atoms with Crippen LogP contribution in [-0.4, -0.2) is 83.4 Å². The lowest BCUT2D eigenvalue weighted by atomic mass is 9.70. The van der Waals surface area contributed by atoms with Crippen molar-refractivity contribution >= 4 is 40.5 Å². The largest absolute Gasteiger partial charge is 0.504 e. The number of likely N-dealkylation sites (tertiary alicyclic amines) is 1. The Bertz CT molecular complexity index is 2240. The Kier molecular flexibility index (Phi) is 7.72. The highest BCUT2D eigenvalue weighted by molar-refractivity contribution is 6.33. The number of rotatable bonds is 5. The van der Waals surface area contributed by atoms with E-state index in [0.29, 0.717) is 37.8 Å². The maximum atomic E-state index is 16.8. The number of benzene rings is 1. The fraction of sp³-hybridized carbons (Fsp3) is 0.424. The van der Waals surface area contributed by atoms with Crippen molar-refractivity contribution < 1.29 is 37.0 Å². The third-order valence-electron chi connectivity index (χ3n) is 10.4. The van der Waals surface area contributed by atoms with Crippen LogP contribution in [0.4, 0.5) is 23.2 Å². The van der Waals surface area contributed by atoms with Crippen molar-refractivity contribution in [1.82, 2.24) is 34.0 Å². The van der Waals surface area contributed by atoms with Crippen molar-refractivity contribution in [3.63, 3.8) is 0 Å². The van der Waals surface area contributed by atoms with Crippen LogP contribution in [0.1, 0.15) is 64.0 Å². The number of alkyl halides is 4. The van der Waals surface area contributed by atoms with Gasteiger partial charge in [-0.2, -0.15) is 22.7 Å². The fourth-order valence-electron chi connectivity index (χ4n) is 7.88. The molecule has 2 fully saturated rings. The number of aromatic nitrogens is 6. The van der Waals surface area contributed by atoms with Crippen molar-refractivity contribution in [3.8, 4) is 5.75 Å². The molecule has 51 heavy (non-hydrogen) atoms. The van der Waals surface area contributed by atoms with Gasteiger partial charge in [-0.3, -0.25) is 14.4 Å². The summed E-state index contributed by atoms with van der Waals surface area (Å²) < 4.78 is 64.5. The molecule has 1 saturated heterocycles. The molecule has 2 amide bonds. The molecule has 266 valence electrons. The second-order valence-electron chi connectivity index (χ2n) is 13.2. The Morgan fingerprint density at radius 1 is 1.24 bits per heavy atom. The van der Waals surface area contributed by atoms with E-state index in [-0.39, 0.29) is 70.6 Å². The Morgan fingerprint density at radius 2 is 2.04 bits per heavy atom. The number of aromatic hydroxyl groups is 1. The van der Waals surface area contributed by atoms with Crippen molar-refractivity contribution in [2.24, 2.45) is 5.92 Å². The molecule has 4 aliphatic rings. The van der Waals surface area contributed by atoms with Crippen molar-refractivity contribution in [2.75, 3.05) is 31.6 Å². The minimum atomic E-state index is -4.63. The second-order valence-corrected chi connectivity index (χ2v) is 13.6. The average molecular weight is 729 g/mol. The molecule has 1 saturated carbocycles. The monoisotopic (exact) mass is 728 g/mol. The summed E-state index contributed by atoms with van der Waals surface area (Å²) in [7, 11) is 0. The summed E-state index contributed by atoms with van der Waals surface area (Å²) in [6, 6.07) is 2.56. The number of carbonyl (C=O) groups excluding carboxylic acids is 2. The summed E-state index contributed by atoms with van der Waals surface area (Å²) in [6.45, 7) is 1.50. The first-order chi connectivity index (χ1) is 24.3. The number of hydrogen-bond donors (Lipinski definition) is 2. The van der Waals surface area contributed by atoms with Gasteiger partial charge in [0.2, 0.25) is 11.7 Å². The lowest BCUT2D eigenvalue weighted by Crippen LogP contribution is -2.55. The van der Waals surface area contributed by atoms with Crippen LogP contribution >= 0.6 is 11.6 Å². The topological polar surface area (TPSA) is 157 Å². The van der Waals surface area contributed by atoms with E-state index in [9.17, 15) is 32.7 Å². The van der Waals surface area contributed by atoms with Crippen molar-refractivity contribution in [3.05, 3.63) is 80.0 Å². The number of piperidine rings is 1. The van der Waals surface area contributed by atoms with Gasteiger partial charge in [-0.1, -0.05) is 17.7 Å². The third kappa shape index (κ3) is 5.27. The first-order valence-electron chi connectivity index (χ1n) is 16.2. The first-order valence-corrected chi connectivity index (χ1v) is 16.6. The van der Waals surface area contributed by atoms with Crippen LogP contribution in [0.5, 0.6) is 5.75 Å². The van der Waals surface area contributed by atoms with E-state index in [1.807, 2.05) is 0 Å². The maximum absolute atomic E-state index is 16.8. The Hall–Kier alpha value is -4.90. The van der Waals surface area contributed by atoms with Crippen molar-refractivity contribution in [1.29, 1.82) is 0 Å². The zero-order valence-corrected chi connectivity index (χ0v) is 27.6. The number of nitrogens with one attached hydrogen (secondary N) is 1. The molecule has 4 atom stereocenters. The number of nitrogens with zero attached hydrogens (tertiary/aromatic N) is 7. The highest BCUT2D eigenvalue weighted by atomic mass is 35.5. The number of fused-ring (bicyclic) bond motifs is 6. The average Bonchev–Trinajstić information content (AvgIpc) is 3.67. The Labute approximate surface area is 290 Å². The van der Waals surface area contributed by atoms with Gasteiger partial charge in [-0.25, -0.2) is 14.4 Å². The molecule has 1 spiro atoms. The van der Waals surface area contributed by atoms with E-state index >= 15 is 4.39 Å². The normalized spacial score (nSPS) is 24.0. The van der Waals surface area contributed by atoms with E-state index in [2.05, 4.69) is 25.4 Å². The van der Waals surface area contributed by atoms with Crippen molar-refractivity contribution in [2.45, 2.75) is 56.4 Å². The molecular weight excluding hydrogens is 700 g/mol. The van der Waals surface area contributed by atoms with Gasteiger partial charge in [-0.05, 0) is 55.9 Å². The van der Waals surface area contributed by atoms with Crippen LogP contribution < -0.4 is 10.9 Å². The standard InChI is InChI=1S/C33H29ClF4N8O5/c1-15-27(48)25(40-14-39-15)30(50)44-7-6-32(22(35)12-44)19-11-18(19)26-24(32)29(49)46-31(42-28(43-46)16-4-8-51-9-5-16)45(26)13-23(47)41-21-3-2-17(10-20(21)34)33(36,37)38/h2-4,10,14,18-19,22,48H,5-9,11-13H2,1H3,(H,41,47)/t18?,19?,22-,32+/m1/s1. The molecule has 0 radical (unpaired) electrons. The van der Waals surface area contributed by atoms with Gasteiger partial charge >= 0.3 is 6.18 Å². The summed E-state index contributed by atoms with van der Waals surface area (Å²) in [6.07, 6.45) is -2.32. The van der Waals surface area contributed by atoms with E-state index < -0.39 is 53.0 Å². The molecular formula is C33H29ClF4N8O5. The van der Waals surface area contributed by atoms with Gasteiger partial charge in [-0.15, -0.1) is 5.10 Å². The van der Waals surface area contributed by atoms with E-state index in [4.69, 9.17) is 16.3 Å². The molecule has 2 aliphatic heterocycles. The van der Waals surface area contributed by atoms with Gasteiger partial charge < -0.3 is 24.6 Å². The predicted octanol–water partition coefficient (Wildman–Crippen LogP) is 4.05. The molecule has 8 rings (SSSR count). The van der Waals surface area contributed by atoms with E-state index in [1.54, 1.807) is 6.08 Å². The molecule has 2 unspecified atom stereocenters. The number of aryl methyl sites for hydroxylation is 1. The molecule has 0 bridgehead atoms. The number of anilines is 1. The molecule has 3 aromatic heterocycles. The molecule has 18 heteroatoms. The Balaban J connectivity index is 1.19. The van der Waals surface area contributed by atoms with Crippen LogP contribution in [0.2, 0.25) is 5.02 Å². The summed E-state index contributed by atoms with van der Waals surface area (Å²) in [5.74, 6) is -2.03. The van der Waals surface area contributed by atoms with Gasteiger partial charge in [0.05, 0.1) is 41.7 Å². The van der Waals surface area contributed by atoms with Gasteiger partial charge in [0.25, 0.3) is 11.5 Å². The number of ether oxygens (including phenoxy) is 1. The Morgan fingerprint density at radius 3 is 2.75 bits per heavy atom. The number of carbonyl (C=O) groups is 2. The minimum Gasteiger partial charge on any atom is -0.504 e. The van der Waals surface area contributed by atoms with E-state index in [0.717, 1.165) is 28.5 Å². The fourth-order valence-corrected chi connectivity index (χ4v) is 8.11. The lowest BCUT2D eigenvalue weighted by molar-refractivity contribution is -0.137. The first kappa shape index (κ1) is 33.3. The summed E-state index contributed by atoms with van der Waals surface area (Å²) in [5, 5.41) is 17.2. The zero-order chi connectivity index (χ0) is 36.0. The van der Waals surface area contributed by atoms with Gasteiger partial charge in [0.1, 0.15) is 19.0 Å². The number of hydrogen-bond acceptors (Lipinski definition) is 9. The smallest absolute Gasteiger partial charge is 0.416 e. The molecule has 2 N–H and O–H groups in total. The molecule has 2 aliphatic carbocycles. The van der Waals surface area contributed by atoms with Gasteiger partial charge in [0, 0.05) is 29.1 Å². The summed E-state index contributed by atoms with van der Waals surface area (Å²) in [5.41, 5.74) is -1.63. The zero-order valence-electron chi connectivity index (χ0n) is 26.9. The number of halogens is 5. The molecule has 1 aromatic carbocycles.